The molecule has 2 heteroatoms. The quantitative estimate of drug-likeness (QED) is 0.209. The summed E-state index contributed by atoms with van der Waals surface area (Å²) in [6.45, 7) is 12.7. The smallest absolute Gasteiger partial charge is 0.0779 e. The lowest BCUT2D eigenvalue weighted by Gasteiger charge is -2.34. The molecule has 0 saturated carbocycles. The Morgan fingerprint density at radius 1 is 0.560 bits per heavy atom. The van der Waals surface area contributed by atoms with E-state index < -0.39 is 0 Å². The lowest BCUT2D eigenvalue weighted by atomic mass is 9.90. The van der Waals surface area contributed by atoms with Crippen LogP contribution in [0.4, 0.5) is 0 Å². The van der Waals surface area contributed by atoms with Gasteiger partial charge in [-0.15, -0.1) is 0 Å². The van der Waals surface area contributed by atoms with Gasteiger partial charge in [0, 0.05) is 0 Å². The highest BCUT2D eigenvalue weighted by Gasteiger charge is 2.09. The summed E-state index contributed by atoms with van der Waals surface area (Å²) < 4.78 is -0.139. The van der Waals surface area contributed by atoms with Crippen LogP contribution in [0.2, 0.25) is 0 Å². The van der Waals surface area contributed by atoms with Gasteiger partial charge >= 0.3 is 0 Å². The predicted octanol–water partition coefficient (Wildman–Crippen LogP) is 7.42. The summed E-state index contributed by atoms with van der Waals surface area (Å²) in [6.07, 6.45) is 14.8. The second kappa shape index (κ2) is 14.0. The molecule has 0 aliphatic heterocycles. The Balaban J connectivity index is 3.55. The van der Waals surface area contributed by atoms with Crippen molar-refractivity contribution < 1.29 is 4.65 Å². The summed E-state index contributed by atoms with van der Waals surface area (Å²) in [6, 6.07) is 0. The van der Waals surface area contributed by atoms with Crippen molar-refractivity contribution in [3.05, 3.63) is 5.21 Å². The molecule has 152 valence electrons. The molecule has 0 fully saturated rings. The van der Waals surface area contributed by atoms with Gasteiger partial charge in [0.2, 0.25) is 0 Å². The summed E-state index contributed by atoms with van der Waals surface area (Å²) in [5.41, 5.74) is 0. The number of hydrogen-bond acceptors (Lipinski definition) is 1. The van der Waals surface area contributed by atoms with Crippen LogP contribution in [0.3, 0.4) is 0 Å². The minimum Gasteiger partial charge on any atom is -0.633 e. The summed E-state index contributed by atoms with van der Waals surface area (Å²) in [5.74, 6) is 3.43. The minimum absolute atomic E-state index is 0.139. The van der Waals surface area contributed by atoms with Crippen molar-refractivity contribution in [2.24, 2.45) is 23.7 Å². The first kappa shape index (κ1) is 24.9. The number of nitrogens with zero attached hydrogens (tertiary/aromatic N) is 1. The Labute approximate surface area is 159 Å². The van der Waals surface area contributed by atoms with Crippen LogP contribution in [0.5, 0.6) is 0 Å². The highest BCUT2D eigenvalue weighted by Crippen LogP contribution is 2.23. The Kier molecular flexibility index (Phi) is 14.0. The molecule has 0 aliphatic rings. The van der Waals surface area contributed by atoms with Crippen LogP contribution in [0.15, 0.2) is 0 Å². The van der Waals surface area contributed by atoms with Gasteiger partial charge in [-0.25, -0.2) is 0 Å². The van der Waals surface area contributed by atoms with Crippen molar-refractivity contribution >= 4 is 0 Å². The molecule has 0 heterocycles. The first-order chi connectivity index (χ1) is 11.6. The molecular weight excluding hydrogens is 306 g/mol. The molecule has 3 atom stereocenters. The Morgan fingerprint density at radius 2 is 0.880 bits per heavy atom. The van der Waals surface area contributed by atoms with E-state index in [0.29, 0.717) is 0 Å². The lowest BCUT2D eigenvalue weighted by molar-refractivity contribution is -0.840. The molecule has 0 aromatic rings. The topological polar surface area (TPSA) is 23.1 Å². The van der Waals surface area contributed by atoms with Crippen molar-refractivity contribution in [3.63, 3.8) is 0 Å². The number of rotatable bonds is 16. The average molecular weight is 356 g/mol. The fourth-order valence-electron chi connectivity index (χ4n) is 3.76. The van der Waals surface area contributed by atoms with Gasteiger partial charge in [-0.1, -0.05) is 92.4 Å². The van der Waals surface area contributed by atoms with Crippen LogP contribution < -0.4 is 0 Å². The van der Waals surface area contributed by atoms with Crippen LogP contribution in [-0.4, -0.2) is 25.3 Å². The standard InChI is InChI=1S/C23H49NO/c1-20(2)12-8-13-21(3)14-9-15-22(4)16-10-17-23(5)18-11-19-24(6,7)25/h20-23H,8-19H2,1-7H3. The molecule has 0 saturated heterocycles. The third kappa shape index (κ3) is 18.5. The van der Waals surface area contributed by atoms with Crippen molar-refractivity contribution in [1.82, 2.24) is 0 Å². The van der Waals surface area contributed by atoms with E-state index in [4.69, 9.17) is 0 Å². The molecule has 0 radical (unpaired) electrons. The molecule has 0 N–H and O–H groups in total. The van der Waals surface area contributed by atoms with Crippen LogP contribution in [0.25, 0.3) is 0 Å². The average Bonchev–Trinajstić information content (AvgIpc) is 2.45. The number of hydroxylamine groups is 3. The molecule has 0 rings (SSSR count). The molecule has 3 unspecified atom stereocenters. The molecule has 0 amide bonds. The number of quaternary nitrogens is 1. The van der Waals surface area contributed by atoms with E-state index in [2.05, 4.69) is 34.6 Å². The van der Waals surface area contributed by atoms with E-state index >= 15 is 0 Å². The largest absolute Gasteiger partial charge is 0.633 e. The number of hydrogen-bond donors (Lipinski definition) is 0. The zero-order valence-electron chi connectivity index (χ0n) is 18.7. The van der Waals surface area contributed by atoms with Gasteiger partial charge in [0.1, 0.15) is 0 Å². The van der Waals surface area contributed by atoms with Gasteiger partial charge in [-0.05, 0) is 36.5 Å². The summed E-state index contributed by atoms with van der Waals surface area (Å²) in [4.78, 5) is 0. The molecule has 25 heavy (non-hydrogen) atoms. The molecule has 0 aromatic carbocycles. The highest BCUT2D eigenvalue weighted by molar-refractivity contribution is 4.61. The van der Waals surface area contributed by atoms with Crippen LogP contribution in [0, 0.1) is 28.9 Å². The Bertz CT molecular complexity index is 295. The normalized spacial score (nSPS) is 16.2. The molecular formula is C23H49NO. The van der Waals surface area contributed by atoms with Crippen LogP contribution in [-0.2, 0) is 0 Å². The summed E-state index contributed by atoms with van der Waals surface area (Å²) >= 11 is 0. The molecule has 0 aliphatic carbocycles. The predicted molar refractivity (Wildman–Crippen MR) is 113 cm³/mol. The van der Waals surface area contributed by atoms with E-state index in [9.17, 15) is 5.21 Å². The maximum Gasteiger partial charge on any atom is 0.0779 e. The van der Waals surface area contributed by atoms with Gasteiger partial charge in [0.25, 0.3) is 0 Å². The van der Waals surface area contributed by atoms with Crippen molar-refractivity contribution in [2.75, 3.05) is 20.6 Å². The fourth-order valence-corrected chi connectivity index (χ4v) is 3.76. The SMILES string of the molecule is CC(C)CCCC(C)CCCC(C)CCCC(C)CCC[N+](C)(C)[O-]. The van der Waals surface area contributed by atoms with E-state index in [1.54, 1.807) is 14.1 Å². The van der Waals surface area contributed by atoms with Crippen LogP contribution in [0.1, 0.15) is 105 Å². The van der Waals surface area contributed by atoms with E-state index in [1.165, 1.54) is 64.2 Å². The van der Waals surface area contributed by atoms with E-state index in [1.807, 2.05) is 0 Å². The first-order valence-corrected chi connectivity index (χ1v) is 11.1. The highest BCUT2D eigenvalue weighted by atomic mass is 16.5. The third-order valence-corrected chi connectivity index (χ3v) is 5.66. The van der Waals surface area contributed by atoms with E-state index in [-0.39, 0.29) is 4.65 Å². The molecule has 0 aromatic heterocycles. The first-order valence-electron chi connectivity index (χ1n) is 11.1. The summed E-state index contributed by atoms with van der Waals surface area (Å²) in [5, 5.41) is 11.6. The Morgan fingerprint density at radius 3 is 1.20 bits per heavy atom. The van der Waals surface area contributed by atoms with Crippen LogP contribution >= 0.6 is 0 Å². The van der Waals surface area contributed by atoms with Gasteiger partial charge in [-0.3, -0.25) is 0 Å². The van der Waals surface area contributed by atoms with Gasteiger partial charge in [0.15, 0.2) is 0 Å². The van der Waals surface area contributed by atoms with Gasteiger partial charge in [-0.2, -0.15) is 0 Å². The molecule has 0 bridgehead atoms. The van der Waals surface area contributed by atoms with Crippen molar-refractivity contribution in [1.29, 1.82) is 0 Å². The second-order valence-corrected chi connectivity index (χ2v) is 9.94. The fraction of sp³-hybridized carbons (Fsp3) is 1.00. The zero-order chi connectivity index (χ0) is 19.3. The maximum atomic E-state index is 11.6. The van der Waals surface area contributed by atoms with Crippen molar-refractivity contribution in [3.8, 4) is 0 Å². The molecule has 0 spiro atoms. The zero-order valence-corrected chi connectivity index (χ0v) is 18.7. The van der Waals surface area contributed by atoms with Crippen molar-refractivity contribution in [2.45, 2.75) is 105 Å². The third-order valence-electron chi connectivity index (χ3n) is 5.66. The summed E-state index contributed by atoms with van der Waals surface area (Å²) in [7, 11) is 3.50. The minimum atomic E-state index is -0.139. The van der Waals surface area contributed by atoms with E-state index in [0.717, 1.165) is 36.6 Å². The van der Waals surface area contributed by atoms with Gasteiger partial charge in [0.05, 0.1) is 20.6 Å². The maximum absolute atomic E-state index is 11.6. The second-order valence-electron chi connectivity index (χ2n) is 9.94. The monoisotopic (exact) mass is 355 g/mol. The molecule has 2 nitrogen and oxygen atoms in total. The Hall–Kier alpha value is -0.0800. The van der Waals surface area contributed by atoms with Gasteiger partial charge < -0.3 is 9.85 Å². The lowest BCUT2D eigenvalue weighted by Crippen LogP contribution is -2.33.